The molecule has 2 aromatic heterocycles. The van der Waals surface area contributed by atoms with Crippen molar-refractivity contribution in [3.8, 4) is 0 Å². The maximum Gasteiger partial charge on any atom is 0.263 e. The maximum absolute atomic E-state index is 11.2. The molecule has 2 rings (SSSR count). The van der Waals surface area contributed by atoms with E-state index in [1.165, 1.54) is 6.20 Å². The number of nitrogens with zero attached hydrogens (tertiary/aromatic N) is 1. The average Bonchev–Trinajstić information content (AvgIpc) is 2.47. The number of aromatic nitrogens is 2. The third-order valence-corrected chi connectivity index (χ3v) is 3.76. The van der Waals surface area contributed by atoms with Crippen LogP contribution in [0, 0.1) is 0 Å². The lowest BCUT2D eigenvalue weighted by Gasteiger charge is -1.95. The number of fused-ring (bicyclic) bond motifs is 1. The minimum atomic E-state index is -3.74. The molecule has 0 unspecified atom stereocenters. The first-order chi connectivity index (χ1) is 6.50. The lowest BCUT2D eigenvalue weighted by Crippen LogP contribution is -1.88. The van der Waals surface area contributed by atoms with Crippen LogP contribution in [0.4, 0.5) is 0 Å². The monoisotopic (exact) mass is 294 g/mol. The highest BCUT2D eigenvalue weighted by Gasteiger charge is 2.18. The molecule has 0 spiro atoms. The first kappa shape index (κ1) is 9.95. The van der Waals surface area contributed by atoms with Gasteiger partial charge in [0.05, 0.1) is 5.39 Å². The Kier molecular flexibility index (Phi) is 2.29. The molecule has 0 aliphatic carbocycles. The summed E-state index contributed by atoms with van der Waals surface area (Å²) in [4.78, 5) is 6.73. The van der Waals surface area contributed by atoms with Crippen LogP contribution in [0.2, 0.25) is 0 Å². The van der Waals surface area contributed by atoms with Crippen molar-refractivity contribution in [1.82, 2.24) is 9.97 Å². The van der Waals surface area contributed by atoms with E-state index in [0.29, 0.717) is 15.5 Å². The summed E-state index contributed by atoms with van der Waals surface area (Å²) in [7, 11) is 1.52. The van der Waals surface area contributed by atoms with Crippen LogP contribution in [0.3, 0.4) is 0 Å². The van der Waals surface area contributed by atoms with Gasteiger partial charge in [-0.05, 0) is 22.0 Å². The van der Waals surface area contributed by atoms with Crippen LogP contribution in [-0.4, -0.2) is 18.4 Å². The lowest BCUT2D eigenvalue weighted by atomic mass is 10.3. The van der Waals surface area contributed by atoms with Gasteiger partial charge in [-0.1, -0.05) is 0 Å². The molecule has 2 aromatic rings. The van der Waals surface area contributed by atoms with Gasteiger partial charge in [0.25, 0.3) is 9.05 Å². The minimum absolute atomic E-state index is 0.0362. The Morgan fingerprint density at radius 1 is 1.50 bits per heavy atom. The van der Waals surface area contributed by atoms with Gasteiger partial charge >= 0.3 is 0 Å². The zero-order valence-electron chi connectivity index (χ0n) is 6.66. The minimum Gasteiger partial charge on any atom is -0.345 e. The number of nitrogens with one attached hydrogen (secondary N) is 1. The van der Waals surface area contributed by atoms with Gasteiger partial charge in [0.2, 0.25) is 0 Å². The average molecular weight is 296 g/mol. The van der Waals surface area contributed by atoms with Crippen LogP contribution in [0.15, 0.2) is 27.8 Å². The Morgan fingerprint density at radius 3 is 2.86 bits per heavy atom. The van der Waals surface area contributed by atoms with Gasteiger partial charge in [0, 0.05) is 27.5 Å². The zero-order valence-corrected chi connectivity index (χ0v) is 9.82. The van der Waals surface area contributed by atoms with Gasteiger partial charge in [0.15, 0.2) is 0 Å². The van der Waals surface area contributed by atoms with Crippen molar-refractivity contribution >= 4 is 46.7 Å². The fraction of sp³-hybridized carbons (Fsp3) is 0. The van der Waals surface area contributed by atoms with Crippen molar-refractivity contribution in [1.29, 1.82) is 0 Å². The Bertz CT molecular complexity index is 593. The van der Waals surface area contributed by atoms with E-state index >= 15 is 0 Å². The van der Waals surface area contributed by atoms with Gasteiger partial charge in [0.1, 0.15) is 10.5 Å². The molecule has 7 heteroatoms. The van der Waals surface area contributed by atoms with Crippen LogP contribution < -0.4 is 0 Å². The van der Waals surface area contributed by atoms with E-state index in [2.05, 4.69) is 25.9 Å². The number of rotatable bonds is 1. The molecule has 0 radical (unpaired) electrons. The molecule has 0 aromatic carbocycles. The molecule has 2 heterocycles. The largest absolute Gasteiger partial charge is 0.345 e. The molecule has 0 saturated heterocycles. The Labute approximate surface area is 92.8 Å². The van der Waals surface area contributed by atoms with Crippen molar-refractivity contribution in [2.45, 2.75) is 4.90 Å². The van der Waals surface area contributed by atoms with Crippen molar-refractivity contribution in [3.63, 3.8) is 0 Å². The van der Waals surface area contributed by atoms with E-state index in [1.54, 1.807) is 12.3 Å². The fourth-order valence-corrected chi connectivity index (χ4v) is 2.85. The Morgan fingerprint density at radius 2 is 2.21 bits per heavy atom. The van der Waals surface area contributed by atoms with Crippen LogP contribution in [0.25, 0.3) is 11.0 Å². The van der Waals surface area contributed by atoms with E-state index in [0.717, 1.165) is 0 Å². The number of H-pyrrole nitrogens is 1. The molecule has 1 N–H and O–H groups in total. The second-order valence-electron chi connectivity index (χ2n) is 2.61. The van der Waals surface area contributed by atoms with Crippen LogP contribution in [0.5, 0.6) is 0 Å². The van der Waals surface area contributed by atoms with E-state index in [4.69, 9.17) is 10.7 Å². The quantitative estimate of drug-likeness (QED) is 0.821. The van der Waals surface area contributed by atoms with Crippen molar-refractivity contribution < 1.29 is 8.42 Å². The smallest absolute Gasteiger partial charge is 0.263 e. The van der Waals surface area contributed by atoms with Crippen molar-refractivity contribution in [3.05, 3.63) is 22.9 Å². The van der Waals surface area contributed by atoms with Gasteiger partial charge < -0.3 is 4.98 Å². The summed E-state index contributed by atoms with van der Waals surface area (Å²) in [5, 5.41) is 0.475. The molecule has 0 amide bonds. The third-order valence-electron chi connectivity index (χ3n) is 1.75. The van der Waals surface area contributed by atoms with Gasteiger partial charge in [-0.3, -0.25) is 0 Å². The highest BCUT2D eigenvalue weighted by Crippen LogP contribution is 2.30. The van der Waals surface area contributed by atoms with Crippen LogP contribution in [0.1, 0.15) is 0 Å². The number of aromatic amines is 1. The summed E-state index contributed by atoms with van der Waals surface area (Å²) in [5.41, 5.74) is 0.485. The molecule has 0 aliphatic rings. The summed E-state index contributed by atoms with van der Waals surface area (Å²) in [6.07, 6.45) is 2.89. The third kappa shape index (κ3) is 1.53. The molecular weight excluding hydrogens is 292 g/mol. The van der Waals surface area contributed by atoms with Crippen molar-refractivity contribution in [2.24, 2.45) is 0 Å². The molecule has 74 valence electrons. The summed E-state index contributed by atoms with van der Waals surface area (Å²) in [5.74, 6) is 0. The number of halogens is 2. The molecular formula is C7H4BrClN2O2S. The molecule has 4 nitrogen and oxygen atoms in total. The summed E-state index contributed by atoms with van der Waals surface area (Å²) >= 11 is 3.24. The van der Waals surface area contributed by atoms with Gasteiger partial charge in [-0.2, -0.15) is 0 Å². The zero-order chi connectivity index (χ0) is 10.3. The summed E-state index contributed by atoms with van der Waals surface area (Å²) < 4.78 is 23.0. The summed E-state index contributed by atoms with van der Waals surface area (Å²) in [6.45, 7) is 0. The first-order valence-electron chi connectivity index (χ1n) is 3.56. The topological polar surface area (TPSA) is 62.8 Å². The van der Waals surface area contributed by atoms with Gasteiger partial charge in [-0.25, -0.2) is 13.4 Å². The SMILES string of the molecule is O=S(=O)(Cl)c1c[nH]c2nccc(Br)c12. The van der Waals surface area contributed by atoms with Crippen LogP contribution in [-0.2, 0) is 9.05 Å². The number of pyridine rings is 1. The molecule has 0 fully saturated rings. The van der Waals surface area contributed by atoms with Gasteiger partial charge in [-0.15, -0.1) is 0 Å². The number of hydrogen-bond acceptors (Lipinski definition) is 3. The normalized spacial score (nSPS) is 12.1. The molecule has 0 atom stereocenters. The molecule has 0 saturated carbocycles. The van der Waals surface area contributed by atoms with Crippen LogP contribution >= 0.6 is 26.6 Å². The van der Waals surface area contributed by atoms with E-state index < -0.39 is 9.05 Å². The molecule has 0 bridgehead atoms. The highest BCUT2D eigenvalue weighted by atomic mass is 79.9. The number of hydrogen-bond donors (Lipinski definition) is 1. The predicted octanol–water partition coefficient (Wildman–Crippen LogP) is 2.25. The van der Waals surface area contributed by atoms with E-state index in [-0.39, 0.29) is 4.90 Å². The highest BCUT2D eigenvalue weighted by molar-refractivity contribution is 9.10. The fourth-order valence-electron chi connectivity index (χ4n) is 1.18. The maximum atomic E-state index is 11.2. The second-order valence-corrected chi connectivity index (χ2v) is 6.00. The van der Waals surface area contributed by atoms with E-state index in [1.807, 2.05) is 0 Å². The lowest BCUT2D eigenvalue weighted by molar-refractivity contribution is 0.610. The Hall–Kier alpha value is -0.590. The molecule has 0 aliphatic heterocycles. The molecule has 14 heavy (non-hydrogen) atoms. The Balaban J connectivity index is 2.94. The van der Waals surface area contributed by atoms with E-state index in [9.17, 15) is 8.42 Å². The second kappa shape index (κ2) is 3.22. The van der Waals surface area contributed by atoms with Crippen molar-refractivity contribution in [2.75, 3.05) is 0 Å². The first-order valence-corrected chi connectivity index (χ1v) is 6.66. The predicted molar refractivity (Wildman–Crippen MR) is 56.8 cm³/mol. The summed E-state index contributed by atoms with van der Waals surface area (Å²) in [6, 6.07) is 1.65. The standard InChI is InChI=1S/C7H4BrClN2O2S/c8-4-1-2-10-7-6(4)5(3-11-7)14(9,12)13/h1-3H,(H,10,11).